The second-order valence-corrected chi connectivity index (χ2v) is 9.95. The van der Waals surface area contributed by atoms with Gasteiger partial charge in [0.1, 0.15) is 11.2 Å². The van der Waals surface area contributed by atoms with Crippen molar-refractivity contribution in [3.05, 3.63) is 140 Å². The Balaban J connectivity index is 0.000000792. The molecule has 8 rings (SSSR count). The number of fused-ring (bicyclic) bond motifs is 5. The normalized spacial score (nSPS) is 10.8. The van der Waals surface area contributed by atoms with Crippen molar-refractivity contribution in [2.75, 3.05) is 0 Å². The molecule has 0 saturated carbocycles. The van der Waals surface area contributed by atoms with Crippen molar-refractivity contribution in [1.82, 2.24) is 4.98 Å². The van der Waals surface area contributed by atoms with E-state index in [1.165, 1.54) is 38.2 Å². The van der Waals surface area contributed by atoms with Gasteiger partial charge in [0.25, 0.3) is 0 Å². The number of furan rings is 1. The van der Waals surface area contributed by atoms with Gasteiger partial charge < -0.3 is 4.42 Å². The van der Waals surface area contributed by atoms with Crippen LogP contribution >= 0.6 is 0 Å². The molecule has 0 N–H and O–H groups in total. The van der Waals surface area contributed by atoms with E-state index >= 15 is 0 Å². The molecule has 0 spiro atoms. The molecule has 43 heavy (non-hydrogen) atoms. The molecule has 0 aliphatic rings. The minimum atomic E-state index is 0.882. The Morgan fingerprint density at radius 3 is 1.47 bits per heavy atom. The first kappa shape index (κ1) is 27.9. The molecule has 0 aliphatic carbocycles. The van der Waals surface area contributed by atoms with Crippen LogP contribution in [0.4, 0.5) is 0 Å². The Bertz CT molecular complexity index is 2100. The summed E-state index contributed by atoms with van der Waals surface area (Å²) >= 11 is 0. The smallest absolute Gasteiger partial charge is 0.136 e. The maximum absolute atomic E-state index is 6.12. The summed E-state index contributed by atoms with van der Waals surface area (Å²) in [6.45, 7) is 8.00. The molecule has 0 radical (unpaired) electrons. The zero-order valence-corrected chi connectivity index (χ0v) is 25.1. The molecular weight excluding hydrogens is 522 g/mol. The molecule has 2 heterocycles. The van der Waals surface area contributed by atoms with Crippen molar-refractivity contribution in [3.8, 4) is 33.5 Å². The molecule has 210 valence electrons. The topological polar surface area (TPSA) is 26.0 Å². The first-order valence-corrected chi connectivity index (χ1v) is 15.2. The van der Waals surface area contributed by atoms with Crippen LogP contribution in [0.25, 0.3) is 77.0 Å². The zero-order chi connectivity index (χ0) is 29.8. The monoisotopic (exact) mass is 557 g/mol. The molecule has 0 aliphatic heterocycles. The summed E-state index contributed by atoms with van der Waals surface area (Å²) in [6, 6.07) is 47.0. The molecule has 0 bridgehead atoms. The van der Waals surface area contributed by atoms with Crippen LogP contribution in [-0.4, -0.2) is 4.98 Å². The quantitative estimate of drug-likeness (QED) is 0.202. The van der Waals surface area contributed by atoms with E-state index in [9.17, 15) is 0 Å². The minimum absolute atomic E-state index is 0.882. The number of rotatable bonds is 3. The van der Waals surface area contributed by atoms with Gasteiger partial charge in [-0.15, -0.1) is 0 Å². The van der Waals surface area contributed by atoms with Gasteiger partial charge in [0.15, 0.2) is 0 Å². The van der Waals surface area contributed by atoms with Gasteiger partial charge in [0, 0.05) is 28.1 Å². The lowest BCUT2D eigenvalue weighted by Crippen LogP contribution is -1.91. The number of aromatic nitrogens is 1. The van der Waals surface area contributed by atoms with E-state index in [0.717, 1.165) is 38.8 Å². The van der Waals surface area contributed by atoms with Crippen LogP contribution in [0.2, 0.25) is 0 Å². The summed E-state index contributed by atoms with van der Waals surface area (Å²) in [6.07, 6.45) is 2.01. The summed E-state index contributed by atoms with van der Waals surface area (Å²) in [4.78, 5) is 4.94. The van der Waals surface area contributed by atoms with Crippen LogP contribution in [0.3, 0.4) is 0 Å². The second kappa shape index (κ2) is 12.3. The third kappa shape index (κ3) is 4.96. The van der Waals surface area contributed by atoms with E-state index in [-0.39, 0.29) is 0 Å². The average molecular weight is 558 g/mol. The molecule has 0 amide bonds. The van der Waals surface area contributed by atoms with Gasteiger partial charge in [0.05, 0.1) is 5.69 Å². The molecule has 8 aromatic rings. The summed E-state index contributed by atoms with van der Waals surface area (Å²) in [5.74, 6) is 0. The SMILES string of the molecule is CC.CC.c1ccc(-c2c3ccccc3c(-c3ccc(-c4ccc5c(c4)oc4ccccc45)nc3)c3ccccc23)cc1. The molecule has 2 heteroatoms. The summed E-state index contributed by atoms with van der Waals surface area (Å²) in [7, 11) is 0. The van der Waals surface area contributed by atoms with Crippen LogP contribution in [0, 0.1) is 0 Å². The van der Waals surface area contributed by atoms with Crippen molar-refractivity contribution >= 4 is 43.5 Å². The first-order valence-electron chi connectivity index (χ1n) is 15.2. The zero-order valence-electron chi connectivity index (χ0n) is 25.1. The van der Waals surface area contributed by atoms with Crippen molar-refractivity contribution in [1.29, 1.82) is 0 Å². The molecule has 2 nitrogen and oxygen atoms in total. The predicted molar refractivity (Wildman–Crippen MR) is 186 cm³/mol. The van der Waals surface area contributed by atoms with Crippen LogP contribution < -0.4 is 0 Å². The Morgan fingerprint density at radius 1 is 0.395 bits per heavy atom. The number of pyridine rings is 1. The lowest BCUT2D eigenvalue weighted by atomic mass is 9.86. The summed E-state index contributed by atoms with van der Waals surface area (Å²) in [5, 5.41) is 7.22. The van der Waals surface area contributed by atoms with Gasteiger partial charge in [0.2, 0.25) is 0 Å². The van der Waals surface area contributed by atoms with Crippen molar-refractivity contribution in [3.63, 3.8) is 0 Å². The highest BCUT2D eigenvalue weighted by Crippen LogP contribution is 2.43. The van der Waals surface area contributed by atoms with Crippen LogP contribution in [0.15, 0.2) is 144 Å². The van der Waals surface area contributed by atoms with Crippen LogP contribution in [0.1, 0.15) is 27.7 Å². The van der Waals surface area contributed by atoms with Crippen LogP contribution in [0.5, 0.6) is 0 Å². The number of nitrogens with zero attached hydrogens (tertiary/aromatic N) is 1. The van der Waals surface area contributed by atoms with E-state index < -0.39 is 0 Å². The largest absolute Gasteiger partial charge is 0.456 e. The Kier molecular flexibility index (Phi) is 8.02. The van der Waals surface area contributed by atoms with Crippen molar-refractivity contribution in [2.24, 2.45) is 0 Å². The predicted octanol–water partition coefficient (Wildman–Crippen LogP) is 12.3. The number of hydrogen-bond acceptors (Lipinski definition) is 2. The number of benzene rings is 6. The third-order valence-electron chi connectivity index (χ3n) is 7.72. The average Bonchev–Trinajstić information content (AvgIpc) is 3.47. The lowest BCUT2D eigenvalue weighted by molar-refractivity contribution is 0.669. The fourth-order valence-corrected chi connectivity index (χ4v) is 5.95. The van der Waals surface area contributed by atoms with Gasteiger partial charge >= 0.3 is 0 Å². The lowest BCUT2D eigenvalue weighted by Gasteiger charge is -2.17. The number of para-hydroxylation sites is 1. The minimum Gasteiger partial charge on any atom is -0.456 e. The molecule has 0 fully saturated rings. The van der Waals surface area contributed by atoms with E-state index in [1.54, 1.807) is 0 Å². The van der Waals surface area contributed by atoms with Gasteiger partial charge in [-0.1, -0.05) is 137 Å². The van der Waals surface area contributed by atoms with E-state index in [4.69, 9.17) is 9.40 Å². The summed E-state index contributed by atoms with van der Waals surface area (Å²) in [5.41, 5.74) is 8.58. The Hall–Kier alpha value is -5.21. The van der Waals surface area contributed by atoms with Crippen LogP contribution in [-0.2, 0) is 0 Å². The summed E-state index contributed by atoms with van der Waals surface area (Å²) < 4.78 is 6.12. The van der Waals surface area contributed by atoms with Crippen molar-refractivity contribution in [2.45, 2.75) is 27.7 Å². The highest BCUT2D eigenvalue weighted by Gasteiger charge is 2.17. The van der Waals surface area contributed by atoms with Crippen molar-refractivity contribution < 1.29 is 4.42 Å². The molecular formula is C41H35NO. The standard InChI is InChI=1S/C37H23NO.2C2H6/c1-2-10-24(11-3-1)36-29-13-4-6-15-31(29)37(32-16-7-5-14-30(32)36)26-19-21-33(38-23-26)25-18-20-28-27-12-8-9-17-34(27)39-35(28)22-25;2*1-2/h1-23H;2*1-2H3. The highest BCUT2D eigenvalue weighted by molar-refractivity contribution is 6.21. The highest BCUT2D eigenvalue weighted by atomic mass is 16.3. The maximum Gasteiger partial charge on any atom is 0.136 e. The van der Waals surface area contributed by atoms with E-state index in [1.807, 2.05) is 52.1 Å². The Labute approximate surface area is 253 Å². The molecule has 2 aromatic heterocycles. The van der Waals surface area contributed by atoms with Gasteiger partial charge in [-0.05, 0) is 62.5 Å². The second-order valence-electron chi connectivity index (χ2n) is 9.95. The van der Waals surface area contributed by atoms with Gasteiger partial charge in [-0.3, -0.25) is 4.98 Å². The fourth-order valence-electron chi connectivity index (χ4n) is 5.95. The Morgan fingerprint density at radius 2 is 0.884 bits per heavy atom. The van der Waals surface area contributed by atoms with Gasteiger partial charge in [-0.25, -0.2) is 0 Å². The fraction of sp³-hybridized carbons (Fsp3) is 0.0976. The molecule has 0 unspecified atom stereocenters. The molecule has 0 atom stereocenters. The van der Waals surface area contributed by atoms with Gasteiger partial charge in [-0.2, -0.15) is 0 Å². The molecule has 6 aromatic carbocycles. The maximum atomic E-state index is 6.12. The van der Waals surface area contributed by atoms with E-state index in [2.05, 4.69) is 115 Å². The number of hydrogen-bond donors (Lipinski definition) is 0. The van der Waals surface area contributed by atoms with E-state index in [0.29, 0.717) is 0 Å². The third-order valence-corrected chi connectivity index (χ3v) is 7.72. The first-order chi connectivity index (χ1) is 21.3. The molecule has 0 saturated heterocycles.